The number of thioether (sulfide) groups is 1. The average molecular weight is 967 g/mol. The van der Waals surface area contributed by atoms with Crippen LogP contribution >= 0.6 is 27.4 Å². The lowest BCUT2D eigenvalue weighted by Crippen LogP contribution is -2.64. The van der Waals surface area contributed by atoms with E-state index in [1.807, 2.05) is 6.92 Å². The molecule has 0 saturated heterocycles. The standard InChI is InChI=1S/C26H52O16P2.C17H10OS.11H2/c1-2-3-4-5-6-7-8-9-10-11-12-13-14-15-20(28)40-19(16-38-18-27)17-39-44(36,37)42-26-23(31)21(29)22(30)25(24(26)32)41-43(33,34)35;1-3-5-6-7-8-9-10-11-12-13-14-16-19-17(18)15-4-2;;;;;;;;;;;/h19,21-27,29-32H,2-18H2,1H3,(H,36,37)(H2,33,34,35);4,15H2,1-2H3;11*1H/t19-,21?,22-,23+,24?,25-,26?;;;;;;;;;;;;/m1............/s1. The van der Waals surface area contributed by atoms with Gasteiger partial charge in [-0.25, -0.2) is 9.13 Å². The van der Waals surface area contributed by atoms with E-state index in [4.69, 9.17) is 33.4 Å². The molecule has 0 bridgehead atoms. The van der Waals surface area contributed by atoms with E-state index in [1.165, 1.54) is 51.4 Å². The van der Waals surface area contributed by atoms with Crippen molar-refractivity contribution in [2.45, 2.75) is 166 Å². The SMILES string of the molecule is CC#CC#CC#CC#CC#CC#CSC(=O)CCC.CCCCCCCCCCCCCCCC(=O)O[C@H](COCO)COP(=O)(O)OC1C(O)[C@H](OP(=O)(O)O)[C@H](O)C(O)[C@@H]1O.[HH].[HH].[HH].[HH].[HH].[HH].[HH].[HH].[HH].[HH].[HH]. The molecule has 63 heavy (non-hydrogen) atoms. The zero-order valence-corrected chi connectivity index (χ0v) is 38.6. The number of hydrogen-bond donors (Lipinski definition) is 8. The first-order chi connectivity index (χ1) is 30.0. The molecule has 0 aromatic rings. The summed E-state index contributed by atoms with van der Waals surface area (Å²) in [6.45, 7) is 3.90. The van der Waals surface area contributed by atoms with Crippen LogP contribution in [0.25, 0.3) is 0 Å². The van der Waals surface area contributed by atoms with Gasteiger partial charge in [0.15, 0.2) is 0 Å². The summed E-state index contributed by atoms with van der Waals surface area (Å²) in [5.41, 5.74) is 0. The number of phosphoric ester groups is 2. The second-order valence-electron chi connectivity index (χ2n) is 13.8. The maximum absolute atomic E-state index is 12.5. The second-order valence-corrected chi connectivity index (χ2v) is 17.2. The lowest BCUT2D eigenvalue weighted by Gasteiger charge is -2.43. The Morgan fingerprint density at radius 1 is 0.619 bits per heavy atom. The largest absolute Gasteiger partial charge is 0.472 e. The molecule has 1 fully saturated rings. The molecule has 0 aliphatic heterocycles. The summed E-state index contributed by atoms with van der Waals surface area (Å²) in [5, 5.41) is 52.0. The van der Waals surface area contributed by atoms with E-state index in [0.717, 1.165) is 43.9 Å². The fourth-order valence-corrected chi connectivity index (χ4v) is 7.52. The van der Waals surface area contributed by atoms with Crippen molar-refractivity contribution in [2.24, 2.45) is 0 Å². The zero-order valence-electron chi connectivity index (χ0n) is 36.0. The summed E-state index contributed by atoms with van der Waals surface area (Å²) in [4.78, 5) is 51.5. The smallest absolute Gasteiger partial charge is 0.457 e. The molecule has 1 saturated carbocycles. The van der Waals surface area contributed by atoms with Gasteiger partial charge in [-0.05, 0) is 84.2 Å². The summed E-state index contributed by atoms with van der Waals surface area (Å²) >= 11 is 0.971. The number of carbonyl (C=O) groups excluding carboxylic acids is 2. The fourth-order valence-electron chi connectivity index (χ4n) is 5.46. The quantitative estimate of drug-likeness (QED) is 0.0143. The van der Waals surface area contributed by atoms with Crippen LogP contribution in [0.2, 0.25) is 0 Å². The molecule has 1 aliphatic carbocycles. The molecule has 0 spiro atoms. The Balaban J connectivity index is -0.000000111. The molecule has 17 nitrogen and oxygen atoms in total. The van der Waals surface area contributed by atoms with Crippen molar-refractivity contribution >= 4 is 38.5 Å². The van der Waals surface area contributed by atoms with Crippen LogP contribution in [-0.4, -0.2) is 114 Å². The van der Waals surface area contributed by atoms with Crippen LogP contribution in [0, 0.1) is 70.4 Å². The topological polar surface area (TPSA) is 276 Å². The molecule has 8 atom stereocenters. The predicted octanol–water partition coefficient (Wildman–Crippen LogP) is 6.53. The molecular weight excluding hydrogens is 882 g/mol. The fraction of sp³-hybridized carbons (Fsp3) is 0.674. The minimum atomic E-state index is -5.32. The van der Waals surface area contributed by atoms with Gasteiger partial charge in [0.2, 0.25) is 5.12 Å². The molecule has 4 unspecified atom stereocenters. The molecule has 374 valence electrons. The average Bonchev–Trinajstić information content (AvgIpc) is 3.23. The number of unbranched alkanes of at least 4 members (excludes halogenated alkanes) is 12. The van der Waals surface area contributed by atoms with Gasteiger partial charge >= 0.3 is 21.6 Å². The van der Waals surface area contributed by atoms with Crippen molar-refractivity contribution in [3.63, 3.8) is 0 Å². The molecule has 1 rings (SSSR count). The molecule has 0 heterocycles. The van der Waals surface area contributed by atoms with Crippen molar-refractivity contribution in [1.82, 2.24) is 0 Å². The molecule has 0 radical (unpaired) electrons. The van der Waals surface area contributed by atoms with Gasteiger partial charge in [0.1, 0.15) is 49.5 Å². The van der Waals surface area contributed by atoms with Gasteiger partial charge in [0.05, 0.1) is 13.2 Å². The number of ether oxygens (including phenoxy) is 2. The maximum Gasteiger partial charge on any atom is 0.472 e. The van der Waals surface area contributed by atoms with Gasteiger partial charge in [0.25, 0.3) is 0 Å². The third kappa shape index (κ3) is 32.2. The van der Waals surface area contributed by atoms with E-state index in [-0.39, 0.29) is 27.2 Å². The third-order valence-corrected chi connectivity index (χ3v) is 10.7. The minimum absolute atomic E-state index is 0. The maximum atomic E-state index is 12.5. The summed E-state index contributed by atoms with van der Waals surface area (Å²) in [6, 6.07) is 0. The Labute approximate surface area is 392 Å². The van der Waals surface area contributed by atoms with Gasteiger partial charge in [-0.15, -0.1) is 0 Å². The minimum Gasteiger partial charge on any atom is -0.457 e. The number of aliphatic hydroxyl groups is 5. The number of phosphoric acid groups is 2. The van der Waals surface area contributed by atoms with Crippen LogP contribution in [0.1, 0.15) is 139 Å². The predicted molar refractivity (Wildman–Crippen MR) is 258 cm³/mol. The van der Waals surface area contributed by atoms with Crippen molar-refractivity contribution in [3.8, 4) is 70.4 Å². The Morgan fingerprint density at radius 2 is 1.10 bits per heavy atom. The van der Waals surface area contributed by atoms with Crippen molar-refractivity contribution in [1.29, 1.82) is 0 Å². The van der Waals surface area contributed by atoms with E-state index in [0.29, 0.717) is 12.8 Å². The van der Waals surface area contributed by atoms with E-state index in [2.05, 4.69) is 81.8 Å². The molecule has 0 aromatic carbocycles. The number of esters is 1. The number of aliphatic hydroxyl groups excluding tert-OH is 5. The Kier molecular flexibility index (Phi) is 35.2. The van der Waals surface area contributed by atoms with Crippen molar-refractivity contribution in [3.05, 3.63) is 0 Å². The first-order valence-electron chi connectivity index (χ1n) is 20.6. The highest BCUT2D eigenvalue weighted by Gasteiger charge is 2.54. The normalized spacial score (nSPS) is 20.1. The molecule has 20 heteroatoms. The van der Waals surface area contributed by atoms with Crippen LogP contribution in [0.3, 0.4) is 0 Å². The zero-order chi connectivity index (χ0) is 47.4. The van der Waals surface area contributed by atoms with Crippen molar-refractivity contribution in [2.75, 3.05) is 20.0 Å². The van der Waals surface area contributed by atoms with Gasteiger partial charge in [-0.3, -0.25) is 23.2 Å². The van der Waals surface area contributed by atoms with Gasteiger partial charge in [0, 0.05) is 40.3 Å². The van der Waals surface area contributed by atoms with Gasteiger partial charge < -0.3 is 49.7 Å². The highest BCUT2D eigenvalue weighted by molar-refractivity contribution is 8.17. The third-order valence-electron chi connectivity index (χ3n) is 8.52. The van der Waals surface area contributed by atoms with Crippen LogP contribution in [0.15, 0.2) is 0 Å². The van der Waals surface area contributed by atoms with E-state index in [1.54, 1.807) is 6.92 Å². The first-order valence-corrected chi connectivity index (χ1v) is 24.5. The van der Waals surface area contributed by atoms with Gasteiger partial charge in [-0.1, -0.05) is 96.8 Å². The van der Waals surface area contributed by atoms with E-state index < -0.39 is 84.3 Å². The van der Waals surface area contributed by atoms with Crippen LogP contribution in [0.4, 0.5) is 0 Å². The molecule has 0 amide bonds. The van der Waals surface area contributed by atoms with Crippen LogP contribution in [0.5, 0.6) is 0 Å². The summed E-state index contributed by atoms with van der Waals surface area (Å²) in [7, 11) is -10.5. The van der Waals surface area contributed by atoms with Gasteiger partial charge in [-0.2, -0.15) is 0 Å². The monoisotopic (exact) mass is 966 g/mol. The van der Waals surface area contributed by atoms with Crippen LogP contribution < -0.4 is 0 Å². The summed E-state index contributed by atoms with van der Waals surface area (Å²) in [5.74, 6) is 27.2. The highest BCUT2D eigenvalue weighted by atomic mass is 32.2. The molecule has 1 aliphatic rings. The summed E-state index contributed by atoms with van der Waals surface area (Å²) < 4.78 is 47.5. The summed E-state index contributed by atoms with van der Waals surface area (Å²) in [6.07, 6.45) is 1.61. The Hall–Kier alpha value is -3.17. The molecule has 0 aromatic heterocycles. The highest BCUT2D eigenvalue weighted by Crippen LogP contribution is 2.49. The van der Waals surface area contributed by atoms with Crippen molar-refractivity contribution < 1.29 is 97.7 Å². The molecular formula is C43H84O17P2S. The Morgan fingerprint density at radius 3 is 1.57 bits per heavy atom. The van der Waals surface area contributed by atoms with Crippen LogP contribution in [-0.2, 0) is 41.8 Å². The van der Waals surface area contributed by atoms with E-state index >= 15 is 0 Å². The molecule has 8 N–H and O–H groups in total. The lowest BCUT2D eigenvalue weighted by molar-refractivity contribution is -0.216. The number of rotatable bonds is 27. The second kappa shape index (κ2) is 37.1. The lowest BCUT2D eigenvalue weighted by atomic mass is 9.85. The Bertz CT molecular complexity index is 1860. The number of hydrogen-bond acceptors (Lipinski definition) is 15. The van der Waals surface area contributed by atoms with E-state index in [9.17, 15) is 44.0 Å². The first kappa shape index (κ1) is 59.8. The number of carbonyl (C=O) groups is 2.